The summed E-state index contributed by atoms with van der Waals surface area (Å²) in [4.78, 5) is 21.8. The number of hydrogen-bond donors (Lipinski definition) is 2. The molecule has 0 radical (unpaired) electrons. The van der Waals surface area contributed by atoms with Gasteiger partial charge >= 0.3 is 0 Å². The van der Waals surface area contributed by atoms with E-state index in [4.69, 9.17) is 5.73 Å². The van der Waals surface area contributed by atoms with Crippen LogP contribution in [0.5, 0.6) is 0 Å². The number of aromatic nitrogens is 3. The van der Waals surface area contributed by atoms with Crippen LogP contribution in [0.25, 0.3) is 22.2 Å². The number of amides is 1. The second kappa shape index (κ2) is 8.84. The summed E-state index contributed by atoms with van der Waals surface area (Å²) in [5, 5.41) is 2.85. The Labute approximate surface area is 202 Å². The van der Waals surface area contributed by atoms with E-state index in [1.807, 2.05) is 25.1 Å². The summed E-state index contributed by atoms with van der Waals surface area (Å²) in [5.74, 6) is -0.200. The quantitative estimate of drug-likeness (QED) is 0.378. The van der Waals surface area contributed by atoms with Crippen molar-refractivity contribution in [3.8, 4) is 0 Å². The van der Waals surface area contributed by atoms with E-state index in [0.717, 1.165) is 5.56 Å². The van der Waals surface area contributed by atoms with E-state index >= 15 is 0 Å². The van der Waals surface area contributed by atoms with E-state index in [9.17, 15) is 13.2 Å². The topological polar surface area (TPSA) is 120 Å². The predicted octanol–water partition coefficient (Wildman–Crippen LogP) is 3.74. The molecule has 0 aliphatic rings. The molecule has 35 heavy (non-hydrogen) atoms. The van der Waals surface area contributed by atoms with Crippen LogP contribution in [-0.2, 0) is 16.4 Å². The van der Waals surface area contributed by atoms with Crippen molar-refractivity contribution in [2.45, 2.75) is 23.3 Å². The van der Waals surface area contributed by atoms with Crippen molar-refractivity contribution in [1.82, 2.24) is 19.9 Å². The molecule has 2 heterocycles. The zero-order valence-corrected chi connectivity index (χ0v) is 19.8. The fourth-order valence-electron chi connectivity index (χ4n) is 3.99. The highest BCUT2D eigenvalue weighted by Crippen LogP contribution is 2.35. The number of benzene rings is 3. The van der Waals surface area contributed by atoms with E-state index in [1.54, 1.807) is 65.2 Å². The molecule has 9 heteroatoms. The molecule has 0 saturated heterocycles. The van der Waals surface area contributed by atoms with Crippen LogP contribution < -0.4 is 11.1 Å². The summed E-state index contributed by atoms with van der Waals surface area (Å²) in [7, 11) is -3.98. The third-order valence-electron chi connectivity index (χ3n) is 5.80. The van der Waals surface area contributed by atoms with Gasteiger partial charge in [-0.3, -0.25) is 4.79 Å². The molecule has 0 atom stereocenters. The first kappa shape index (κ1) is 22.5. The van der Waals surface area contributed by atoms with Crippen molar-refractivity contribution in [1.29, 1.82) is 0 Å². The molecule has 0 unspecified atom stereocenters. The van der Waals surface area contributed by atoms with E-state index in [0.29, 0.717) is 22.2 Å². The number of aryl methyl sites for hydroxylation is 1. The Hall–Kier alpha value is -4.24. The standard InChI is InChI=1S/C26H23N5O3S/c1-17-11-13-19(14-12-17)35(33,34)23-22-25(30-21-10-6-5-9-20(21)29-22)31(24(23)27)16-15-28-26(32)18-7-3-2-4-8-18/h2-14H,15-16,27H2,1H3,(H,28,32). The summed E-state index contributed by atoms with van der Waals surface area (Å²) >= 11 is 0. The number of hydrogen-bond acceptors (Lipinski definition) is 6. The molecular weight excluding hydrogens is 462 g/mol. The smallest absolute Gasteiger partial charge is 0.251 e. The monoisotopic (exact) mass is 485 g/mol. The lowest BCUT2D eigenvalue weighted by Gasteiger charge is -2.10. The number of para-hydroxylation sites is 2. The highest BCUT2D eigenvalue weighted by molar-refractivity contribution is 7.92. The Bertz CT molecular complexity index is 1660. The van der Waals surface area contributed by atoms with Gasteiger partial charge in [0.2, 0.25) is 9.84 Å². The average Bonchev–Trinajstić information content (AvgIpc) is 3.14. The average molecular weight is 486 g/mol. The van der Waals surface area contributed by atoms with Crippen molar-refractivity contribution < 1.29 is 13.2 Å². The summed E-state index contributed by atoms with van der Waals surface area (Å²) in [6.45, 7) is 2.33. The Kier molecular flexibility index (Phi) is 5.70. The molecule has 0 bridgehead atoms. The third-order valence-corrected chi connectivity index (χ3v) is 7.64. The van der Waals surface area contributed by atoms with Gasteiger partial charge in [0.1, 0.15) is 16.2 Å². The lowest BCUT2D eigenvalue weighted by atomic mass is 10.2. The SMILES string of the molecule is Cc1ccc(S(=O)(=O)c2c(N)n(CCNC(=O)c3ccccc3)c3nc4ccccc4nc23)cc1. The van der Waals surface area contributed by atoms with Gasteiger partial charge < -0.3 is 15.6 Å². The normalized spacial score (nSPS) is 11.7. The van der Waals surface area contributed by atoms with E-state index in [1.165, 1.54) is 0 Å². The predicted molar refractivity (Wildman–Crippen MR) is 135 cm³/mol. The fraction of sp³-hybridized carbons (Fsp3) is 0.115. The fourth-order valence-corrected chi connectivity index (χ4v) is 5.50. The van der Waals surface area contributed by atoms with Crippen LogP contribution in [0.1, 0.15) is 15.9 Å². The van der Waals surface area contributed by atoms with E-state index < -0.39 is 9.84 Å². The second-order valence-corrected chi connectivity index (χ2v) is 10.1. The van der Waals surface area contributed by atoms with Crippen molar-refractivity contribution in [2.75, 3.05) is 12.3 Å². The van der Waals surface area contributed by atoms with Crippen LogP contribution in [0, 0.1) is 6.92 Å². The van der Waals surface area contributed by atoms with Gasteiger partial charge in [-0.2, -0.15) is 0 Å². The highest BCUT2D eigenvalue weighted by Gasteiger charge is 2.30. The van der Waals surface area contributed by atoms with Crippen LogP contribution in [0.2, 0.25) is 0 Å². The van der Waals surface area contributed by atoms with Gasteiger partial charge in [-0.15, -0.1) is 0 Å². The van der Waals surface area contributed by atoms with Crippen molar-refractivity contribution in [2.24, 2.45) is 0 Å². The third kappa shape index (κ3) is 4.10. The number of nitrogens with two attached hydrogens (primary N) is 1. The van der Waals surface area contributed by atoms with Crippen molar-refractivity contribution >= 4 is 43.8 Å². The first-order valence-electron chi connectivity index (χ1n) is 11.1. The maximum Gasteiger partial charge on any atom is 0.251 e. The Morgan fingerprint density at radius 3 is 2.23 bits per heavy atom. The largest absolute Gasteiger partial charge is 0.384 e. The minimum absolute atomic E-state index is 0.0323. The molecule has 5 rings (SSSR count). The Morgan fingerprint density at radius 2 is 1.54 bits per heavy atom. The zero-order valence-electron chi connectivity index (χ0n) is 19.0. The Morgan fingerprint density at radius 1 is 0.914 bits per heavy atom. The van der Waals surface area contributed by atoms with Gasteiger partial charge in [-0.25, -0.2) is 18.4 Å². The number of nitrogens with one attached hydrogen (secondary N) is 1. The summed E-state index contributed by atoms with van der Waals surface area (Å²) in [5.41, 5.74) is 9.66. The number of carbonyl (C=O) groups is 1. The molecule has 3 aromatic carbocycles. The minimum Gasteiger partial charge on any atom is -0.384 e. The second-order valence-electron chi connectivity index (χ2n) is 8.19. The van der Waals surface area contributed by atoms with Gasteiger partial charge in [0.05, 0.1) is 15.9 Å². The summed E-state index contributed by atoms with van der Waals surface area (Å²) < 4.78 is 28.9. The number of nitrogens with zero attached hydrogens (tertiary/aromatic N) is 3. The lowest BCUT2D eigenvalue weighted by Crippen LogP contribution is -2.27. The van der Waals surface area contributed by atoms with Gasteiger partial charge in [-0.05, 0) is 43.3 Å². The van der Waals surface area contributed by atoms with Crippen LogP contribution >= 0.6 is 0 Å². The lowest BCUT2D eigenvalue weighted by molar-refractivity contribution is 0.0952. The van der Waals surface area contributed by atoms with Gasteiger partial charge in [-0.1, -0.05) is 48.0 Å². The highest BCUT2D eigenvalue weighted by atomic mass is 32.2. The van der Waals surface area contributed by atoms with Crippen LogP contribution in [0.4, 0.5) is 5.82 Å². The van der Waals surface area contributed by atoms with E-state index in [-0.39, 0.29) is 40.1 Å². The number of anilines is 1. The molecule has 5 aromatic rings. The van der Waals surface area contributed by atoms with Crippen LogP contribution in [0.3, 0.4) is 0 Å². The number of nitrogen functional groups attached to an aromatic ring is 1. The number of fused-ring (bicyclic) bond motifs is 2. The molecule has 0 saturated carbocycles. The van der Waals surface area contributed by atoms with Crippen LogP contribution in [0.15, 0.2) is 88.7 Å². The van der Waals surface area contributed by atoms with Crippen LogP contribution in [-0.4, -0.2) is 35.4 Å². The first-order valence-corrected chi connectivity index (χ1v) is 12.5. The molecule has 0 aliphatic heterocycles. The molecule has 1 amide bonds. The first-order chi connectivity index (χ1) is 16.9. The molecule has 0 spiro atoms. The maximum atomic E-state index is 13.7. The molecular formula is C26H23N5O3S. The number of carbonyl (C=O) groups excluding carboxylic acids is 1. The van der Waals surface area contributed by atoms with Crippen molar-refractivity contribution in [3.05, 3.63) is 90.0 Å². The molecule has 3 N–H and O–H groups in total. The Balaban J connectivity index is 1.59. The van der Waals surface area contributed by atoms with E-state index in [2.05, 4.69) is 15.3 Å². The molecule has 0 fully saturated rings. The van der Waals surface area contributed by atoms with Gasteiger partial charge in [0.15, 0.2) is 5.65 Å². The van der Waals surface area contributed by atoms with Gasteiger partial charge in [0.25, 0.3) is 5.91 Å². The molecule has 0 aliphatic carbocycles. The molecule has 8 nitrogen and oxygen atoms in total. The van der Waals surface area contributed by atoms with Crippen molar-refractivity contribution in [3.63, 3.8) is 0 Å². The number of rotatable bonds is 6. The zero-order chi connectivity index (χ0) is 24.6. The maximum absolute atomic E-state index is 13.7. The van der Waals surface area contributed by atoms with Gasteiger partial charge in [0, 0.05) is 18.7 Å². The molecule has 2 aromatic heterocycles. The summed E-state index contributed by atoms with van der Waals surface area (Å²) in [6, 6.07) is 22.7. The summed E-state index contributed by atoms with van der Waals surface area (Å²) in [6.07, 6.45) is 0. The molecule has 176 valence electrons. The number of sulfone groups is 1. The minimum atomic E-state index is -3.98.